The van der Waals surface area contributed by atoms with E-state index in [-0.39, 0.29) is 0 Å². The second-order valence-corrected chi connectivity index (χ2v) is 7.88. The van der Waals surface area contributed by atoms with Crippen LogP contribution in [0.4, 0.5) is 0 Å². The Labute approximate surface area is 158 Å². The highest BCUT2D eigenvalue weighted by molar-refractivity contribution is 9.10. The molecule has 0 amide bonds. The number of benzene rings is 1. The normalized spacial score (nSPS) is 22.4. The minimum atomic E-state index is 0.702. The fourth-order valence-corrected chi connectivity index (χ4v) is 4.35. The lowest BCUT2D eigenvalue weighted by Crippen LogP contribution is -2.43. The second-order valence-electron chi connectivity index (χ2n) is 6.59. The van der Waals surface area contributed by atoms with Crippen LogP contribution in [0.3, 0.4) is 0 Å². The summed E-state index contributed by atoms with van der Waals surface area (Å²) < 4.78 is 1.11. The molecule has 1 aromatic carbocycles. The number of nitrogens with one attached hydrogen (secondary N) is 1. The van der Waals surface area contributed by atoms with Gasteiger partial charge < -0.3 is 10.2 Å². The van der Waals surface area contributed by atoms with Gasteiger partial charge in [-0.1, -0.05) is 27.5 Å². The van der Waals surface area contributed by atoms with Crippen molar-refractivity contribution in [1.82, 2.24) is 15.1 Å². The number of hydrogen-bond donors (Lipinski definition) is 1. The predicted molar refractivity (Wildman–Crippen MR) is 105 cm³/mol. The van der Waals surface area contributed by atoms with Crippen LogP contribution in [-0.2, 0) is 6.42 Å². The summed E-state index contributed by atoms with van der Waals surface area (Å²) in [4.78, 5) is 9.53. The molecule has 0 aliphatic carbocycles. The second kappa shape index (κ2) is 8.54. The lowest BCUT2D eigenvalue weighted by Gasteiger charge is -2.25. The highest BCUT2D eigenvalue weighted by Gasteiger charge is 2.30. The molecule has 6 heteroatoms. The van der Waals surface area contributed by atoms with Gasteiger partial charge in [0.15, 0.2) is 5.96 Å². The molecule has 0 spiro atoms. The maximum absolute atomic E-state index is 6.09. The van der Waals surface area contributed by atoms with Gasteiger partial charge in [0, 0.05) is 42.2 Å². The van der Waals surface area contributed by atoms with Crippen LogP contribution in [0, 0.1) is 0 Å². The molecule has 4 nitrogen and oxygen atoms in total. The van der Waals surface area contributed by atoms with E-state index < -0.39 is 0 Å². The van der Waals surface area contributed by atoms with Crippen LogP contribution in [0.1, 0.15) is 24.8 Å². The number of hydrogen-bond acceptors (Lipinski definition) is 2. The zero-order valence-electron chi connectivity index (χ0n) is 14.3. The van der Waals surface area contributed by atoms with Crippen molar-refractivity contribution < 1.29 is 0 Å². The fourth-order valence-electron chi connectivity index (χ4n) is 3.72. The highest BCUT2D eigenvalue weighted by Crippen LogP contribution is 2.22. The van der Waals surface area contributed by atoms with Gasteiger partial charge in [-0.2, -0.15) is 0 Å². The minimum Gasteiger partial charge on any atom is -0.356 e. The number of rotatable bonds is 4. The van der Waals surface area contributed by atoms with E-state index in [9.17, 15) is 0 Å². The monoisotopic (exact) mass is 412 g/mol. The average Bonchev–Trinajstić information content (AvgIpc) is 3.25. The molecule has 0 aromatic heterocycles. The van der Waals surface area contributed by atoms with Crippen LogP contribution in [0.2, 0.25) is 5.02 Å². The zero-order chi connectivity index (χ0) is 16.9. The third-order valence-corrected chi connectivity index (χ3v) is 6.03. The van der Waals surface area contributed by atoms with Gasteiger partial charge in [-0.05, 0) is 62.5 Å². The molecule has 132 valence electrons. The molecule has 1 aromatic rings. The smallest absolute Gasteiger partial charge is 0.193 e. The molecule has 3 rings (SSSR count). The van der Waals surface area contributed by atoms with Crippen LogP contribution in [0.15, 0.2) is 27.7 Å². The van der Waals surface area contributed by atoms with Crippen molar-refractivity contribution in [1.29, 1.82) is 0 Å². The van der Waals surface area contributed by atoms with E-state index in [1.807, 2.05) is 25.2 Å². The third-order valence-electron chi connectivity index (χ3n) is 5.02. The summed E-state index contributed by atoms with van der Waals surface area (Å²) >= 11 is 9.68. The first-order chi connectivity index (χ1) is 11.7. The van der Waals surface area contributed by atoms with E-state index in [1.54, 1.807) is 0 Å². The van der Waals surface area contributed by atoms with E-state index in [4.69, 9.17) is 11.6 Å². The molecule has 2 heterocycles. The summed E-state index contributed by atoms with van der Waals surface area (Å²) in [6.07, 6.45) is 4.89. The van der Waals surface area contributed by atoms with Crippen molar-refractivity contribution in [2.45, 2.75) is 31.7 Å². The molecular formula is C18H26BrClN4. The Balaban J connectivity index is 1.49. The Morgan fingerprint density at radius 1 is 1.33 bits per heavy atom. The highest BCUT2D eigenvalue weighted by atomic mass is 79.9. The van der Waals surface area contributed by atoms with Crippen molar-refractivity contribution in [2.75, 3.05) is 39.8 Å². The maximum Gasteiger partial charge on any atom is 0.193 e. The molecule has 1 atom stereocenters. The summed E-state index contributed by atoms with van der Waals surface area (Å²) in [5, 5.41) is 4.29. The largest absolute Gasteiger partial charge is 0.356 e. The predicted octanol–water partition coefficient (Wildman–Crippen LogP) is 3.39. The lowest BCUT2D eigenvalue weighted by atomic mass is 10.1. The Morgan fingerprint density at radius 3 is 2.88 bits per heavy atom. The van der Waals surface area contributed by atoms with Gasteiger partial charge >= 0.3 is 0 Å². The van der Waals surface area contributed by atoms with E-state index in [2.05, 4.69) is 36.0 Å². The van der Waals surface area contributed by atoms with E-state index in [0.29, 0.717) is 6.04 Å². The lowest BCUT2D eigenvalue weighted by molar-refractivity contribution is 0.249. The molecule has 2 aliphatic heterocycles. The summed E-state index contributed by atoms with van der Waals surface area (Å²) in [6.45, 7) is 5.60. The number of aliphatic imine (C=N–C) groups is 1. The molecule has 1 N–H and O–H groups in total. The topological polar surface area (TPSA) is 30.9 Å². The molecule has 2 aliphatic rings. The average molecular weight is 414 g/mol. The summed E-state index contributed by atoms with van der Waals surface area (Å²) in [5.74, 6) is 1.02. The van der Waals surface area contributed by atoms with Gasteiger partial charge in [0.25, 0.3) is 0 Å². The van der Waals surface area contributed by atoms with E-state index >= 15 is 0 Å². The van der Waals surface area contributed by atoms with Crippen molar-refractivity contribution in [3.63, 3.8) is 0 Å². The van der Waals surface area contributed by atoms with Gasteiger partial charge in [-0.25, -0.2) is 0 Å². The molecule has 1 unspecified atom stereocenters. The van der Waals surface area contributed by atoms with Crippen molar-refractivity contribution >= 4 is 33.5 Å². The Kier molecular flexibility index (Phi) is 6.42. The number of likely N-dealkylation sites (tertiary alicyclic amines) is 2. The van der Waals surface area contributed by atoms with Gasteiger partial charge in [0.05, 0.1) is 0 Å². The van der Waals surface area contributed by atoms with Crippen molar-refractivity contribution in [3.05, 3.63) is 33.3 Å². The molecule has 0 saturated carbocycles. The van der Waals surface area contributed by atoms with Crippen molar-refractivity contribution in [2.24, 2.45) is 4.99 Å². The molecule has 0 radical (unpaired) electrons. The first kappa shape index (κ1) is 18.0. The maximum atomic E-state index is 6.09. The third kappa shape index (κ3) is 4.44. The van der Waals surface area contributed by atoms with Gasteiger partial charge in [-0.3, -0.25) is 9.89 Å². The van der Waals surface area contributed by atoms with Gasteiger partial charge in [-0.15, -0.1) is 0 Å². The minimum absolute atomic E-state index is 0.702. The summed E-state index contributed by atoms with van der Waals surface area (Å²) in [7, 11) is 1.88. The fraction of sp³-hybridized carbons (Fsp3) is 0.611. The molecule has 0 bridgehead atoms. The Bertz CT molecular complexity index is 586. The molecule has 2 saturated heterocycles. The number of halogens is 2. The number of guanidine groups is 1. The Morgan fingerprint density at radius 2 is 2.12 bits per heavy atom. The number of nitrogens with zero attached hydrogens (tertiary/aromatic N) is 3. The molecule has 24 heavy (non-hydrogen) atoms. The first-order valence-corrected chi connectivity index (χ1v) is 9.98. The van der Waals surface area contributed by atoms with Crippen LogP contribution in [0.25, 0.3) is 0 Å². The summed E-state index contributed by atoms with van der Waals surface area (Å²) in [5.41, 5.74) is 1.22. The van der Waals surface area contributed by atoms with E-state index in [0.717, 1.165) is 41.5 Å². The first-order valence-electron chi connectivity index (χ1n) is 8.81. The quantitative estimate of drug-likeness (QED) is 0.606. The van der Waals surface area contributed by atoms with Crippen LogP contribution in [0.5, 0.6) is 0 Å². The van der Waals surface area contributed by atoms with Gasteiger partial charge in [0.1, 0.15) is 0 Å². The summed E-state index contributed by atoms with van der Waals surface area (Å²) in [6, 6.07) is 6.64. The van der Waals surface area contributed by atoms with Crippen LogP contribution in [-0.4, -0.2) is 61.6 Å². The van der Waals surface area contributed by atoms with E-state index in [1.165, 1.54) is 37.9 Å². The SMILES string of the molecule is CN=C(NCCc1cc(Cl)ccc1Br)N1CCC(N2CCCC2)C1. The van der Waals surface area contributed by atoms with Crippen LogP contribution < -0.4 is 5.32 Å². The van der Waals surface area contributed by atoms with Gasteiger partial charge in [0.2, 0.25) is 0 Å². The van der Waals surface area contributed by atoms with Crippen LogP contribution >= 0.6 is 27.5 Å². The molecule has 2 fully saturated rings. The molecular weight excluding hydrogens is 388 g/mol. The standard InChI is InChI=1S/C18H26BrClN4/c1-21-18(22-8-6-14-12-15(20)4-5-17(14)19)24-11-7-16(13-24)23-9-2-3-10-23/h4-5,12,16H,2-3,6-11,13H2,1H3,(H,21,22). The zero-order valence-corrected chi connectivity index (χ0v) is 16.6. The Hall–Kier alpha value is -0.780. The van der Waals surface area contributed by atoms with Crippen molar-refractivity contribution in [3.8, 4) is 0 Å².